The zero-order chi connectivity index (χ0) is 16.8. The van der Waals surface area contributed by atoms with Gasteiger partial charge in [0, 0.05) is 0 Å². The molecule has 0 aliphatic carbocycles. The second-order valence-electron chi connectivity index (χ2n) is 4.32. The predicted molar refractivity (Wildman–Crippen MR) is 79.0 cm³/mol. The van der Waals surface area contributed by atoms with Gasteiger partial charge in [-0.3, -0.25) is 4.79 Å². The summed E-state index contributed by atoms with van der Waals surface area (Å²) in [4.78, 5) is 22.9. The van der Waals surface area contributed by atoms with E-state index in [9.17, 15) is 9.59 Å². The number of rotatable bonds is 7. The van der Waals surface area contributed by atoms with Gasteiger partial charge in [-0.15, -0.1) is 0 Å². The molecule has 0 saturated heterocycles. The second kappa shape index (κ2) is 7.25. The van der Waals surface area contributed by atoms with Crippen LogP contribution < -0.4 is 15.2 Å². The van der Waals surface area contributed by atoms with E-state index in [-0.39, 0.29) is 30.4 Å². The summed E-state index contributed by atoms with van der Waals surface area (Å²) in [6, 6.07) is 4.98. The average Bonchev–Trinajstić information content (AvgIpc) is 3.02. The molecule has 2 rings (SSSR count). The number of nitrogens with two attached hydrogens (primary N) is 1. The van der Waals surface area contributed by atoms with Crippen LogP contribution in [0.15, 0.2) is 18.2 Å². The number of methoxy groups -OCH3 is 1. The molecule has 0 aliphatic heterocycles. The van der Waals surface area contributed by atoms with Gasteiger partial charge in [-0.25, -0.2) is 4.79 Å². The first kappa shape index (κ1) is 16.3. The zero-order valence-corrected chi connectivity index (χ0v) is 12.7. The Bertz CT molecular complexity index is 713. The molecule has 0 radical (unpaired) electrons. The summed E-state index contributed by atoms with van der Waals surface area (Å²) >= 11 is 0. The molecule has 0 saturated carbocycles. The van der Waals surface area contributed by atoms with Crippen molar-refractivity contribution in [1.82, 2.24) is 15.4 Å². The van der Waals surface area contributed by atoms with E-state index in [2.05, 4.69) is 15.4 Å². The molecule has 9 nitrogen and oxygen atoms in total. The highest BCUT2D eigenvalue weighted by atomic mass is 16.6. The van der Waals surface area contributed by atoms with Gasteiger partial charge in [-0.05, 0) is 19.1 Å². The molecule has 1 aromatic carbocycles. The monoisotopic (exact) mass is 320 g/mol. The second-order valence-corrected chi connectivity index (χ2v) is 4.32. The van der Waals surface area contributed by atoms with Crippen molar-refractivity contribution >= 4 is 11.9 Å². The normalized spacial score (nSPS) is 10.2. The van der Waals surface area contributed by atoms with Crippen molar-refractivity contribution in [2.24, 2.45) is 5.73 Å². The first-order chi connectivity index (χ1) is 11.1. The number of H-pyrrole nitrogens is 1. The van der Waals surface area contributed by atoms with Crippen LogP contribution in [0.1, 0.15) is 17.4 Å². The number of hydrogen-bond donors (Lipinski definition) is 2. The summed E-state index contributed by atoms with van der Waals surface area (Å²) in [5, 5.41) is 9.97. The zero-order valence-electron chi connectivity index (χ0n) is 12.7. The fourth-order valence-electron chi connectivity index (χ4n) is 1.94. The lowest BCUT2D eigenvalue weighted by molar-refractivity contribution is -0.145. The van der Waals surface area contributed by atoms with Crippen molar-refractivity contribution in [2.75, 3.05) is 20.3 Å². The number of esters is 1. The van der Waals surface area contributed by atoms with Crippen molar-refractivity contribution < 1.29 is 23.8 Å². The Morgan fingerprint density at radius 2 is 2.09 bits per heavy atom. The highest BCUT2D eigenvalue weighted by molar-refractivity contribution is 5.97. The first-order valence-electron chi connectivity index (χ1n) is 6.74. The number of nitrogens with zero attached hydrogens (tertiary/aromatic N) is 2. The maximum Gasteiger partial charge on any atom is 0.344 e. The third-order valence-electron chi connectivity index (χ3n) is 2.87. The van der Waals surface area contributed by atoms with Crippen molar-refractivity contribution in [2.45, 2.75) is 6.92 Å². The van der Waals surface area contributed by atoms with E-state index in [1.165, 1.54) is 7.11 Å². The maximum atomic E-state index is 11.5. The average molecular weight is 320 g/mol. The van der Waals surface area contributed by atoms with Crippen LogP contribution in [0, 0.1) is 0 Å². The number of carbonyl (C=O) groups is 2. The largest absolute Gasteiger partial charge is 0.493 e. The van der Waals surface area contributed by atoms with Crippen LogP contribution in [0.25, 0.3) is 11.3 Å². The number of carbonyl (C=O) groups excluding carboxylic acids is 2. The molecule has 3 N–H and O–H groups in total. The van der Waals surface area contributed by atoms with Gasteiger partial charge in [-0.2, -0.15) is 15.4 Å². The molecule has 1 amide bonds. The number of ether oxygens (including phenoxy) is 3. The lowest BCUT2D eigenvalue weighted by atomic mass is 10.1. The minimum absolute atomic E-state index is 0.0424. The van der Waals surface area contributed by atoms with Gasteiger partial charge in [0.25, 0.3) is 5.91 Å². The maximum absolute atomic E-state index is 11.5. The van der Waals surface area contributed by atoms with E-state index < -0.39 is 11.9 Å². The topological polar surface area (TPSA) is 129 Å². The number of primary amides is 1. The van der Waals surface area contributed by atoms with Gasteiger partial charge in [0.1, 0.15) is 5.69 Å². The van der Waals surface area contributed by atoms with Crippen LogP contribution in [0.2, 0.25) is 0 Å². The van der Waals surface area contributed by atoms with Crippen LogP contribution in [0.3, 0.4) is 0 Å². The van der Waals surface area contributed by atoms with Crippen molar-refractivity contribution in [3.63, 3.8) is 0 Å². The lowest BCUT2D eigenvalue weighted by Crippen LogP contribution is -2.16. The van der Waals surface area contributed by atoms with Crippen LogP contribution in [-0.2, 0) is 9.53 Å². The summed E-state index contributed by atoms with van der Waals surface area (Å²) in [7, 11) is 1.45. The number of benzene rings is 1. The number of aromatic amines is 1. The summed E-state index contributed by atoms with van der Waals surface area (Å²) in [5.41, 5.74) is 5.85. The van der Waals surface area contributed by atoms with Crippen molar-refractivity contribution in [3.8, 4) is 22.8 Å². The number of amides is 1. The number of nitrogens with one attached hydrogen (secondary N) is 1. The molecule has 122 valence electrons. The fraction of sp³-hybridized carbons (Fsp3) is 0.286. The van der Waals surface area contributed by atoms with E-state index in [1.807, 2.05) is 0 Å². The van der Waals surface area contributed by atoms with Crippen molar-refractivity contribution in [1.29, 1.82) is 0 Å². The Labute approximate surface area is 131 Å². The Balaban J connectivity index is 2.41. The Morgan fingerprint density at radius 3 is 2.74 bits per heavy atom. The molecule has 0 bridgehead atoms. The Hall–Kier alpha value is -3.10. The van der Waals surface area contributed by atoms with E-state index in [1.54, 1.807) is 25.1 Å². The molecule has 23 heavy (non-hydrogen) atoms. The first-order valence-corrected chi connectivity index (χ1v) is 6.74. The van der Waals surface area contributed by atoms with Crippen LogP contribution >= 0.6 is 0 Å². The smallest absolute Gasteiger partial charge is 0.344 e. The van der Waals surface area contributed by atoms with Gasteiger partial charge in [0.05, 0.1) is 19.3 Å². The van der Waals surface area contributed by atoms with Crippen LogP contribution in [0.4, 0.5) is 0 Å². The molecule has 0 spiro atoms. The highest BCUT2D eigenvalue weighted by Crippen LogP contribution is 2.38. The SMILES string of the molecule is CCOC(=O)COc1c(OC)cccc1-c1n[nH]nc1C(N)=O. The van der Waals surface area contributed by atoms with Gasteiger partial charge >= 0.3 is 5.97 Å². The van der Waals surface area contributed by atoms with Gasteiger partial charge in [0.2, 0.25) is 0 Å². The standard InChI is InChI=1S/C14H16N4O5/c1-3-22-10(19)7-23-13-8(5-4-6-9(13)21-2)11-12(14(15)20)17-18-16-11/h4-6H,3,7H2,1-2H3,(H2,15,20)(H,16,17,18). The summed E-state index contributed by atoms with van der Waals surface area (Å²) in [6.07, 6.45) is 0. The molecule has 0 unspecified atom stereocenters. The molecule has 0 aliphatic rings. The summed E-state index contributed by atoms with van der Waals surface area (Å²) < 4.78 is 15.5. The lowest BCUT2D eigenvalue weighted by Gasteiger charge is -2.13. The van der Waals surface area contributed by atoms with E-state index in [0.717, 1.165) is 0 Å². The molecular weight excluding hydrogens is 304 g/mol. The van der Waals surface area contributed by atoms with Gasteiger partial charge < -0.3 is 19.9 Å². The fourth-order valence-corrected chi connectivity index (χ4v) is 1.94. The van der Waals surface area contributed by atoms with Crippen LogP contribution in [-0.4, -0.2) is 47.6 Å². The van der Waals surface area contributed by atoms with Crippen LogP contribution in [0.5, 0.6) is 11.5 Å². The molecule has 9 heteroatoms. The molecule has 1 heterocycles. The van der Waals surface area contributed by atoms with E-state index in [0.29, 0.717) is 11.3 Å². The molecular formula is C14H16N4O5. The van der Waals surface area contributed by atoms with E-state index in [4.69, 9.17) is 19.9 Å². The third kappa shape index (κ3) is 3.57. The minimum atomic E-state index is -0.743. The number of hydrogen-bond acceptors (Lipinski definition) is 7. The predicted octanol–water partition coefficient (Wildman–Crippen LogP) is 0.521. The summed E-state index contributed by atoms with van der Waals surface area (Å²) in [5.74, 6) is -0.669. The molecule has 0 atom stereocenters. The quantitative estimate of drug-likeness (QED) is 0.711. The molecule has 2 aromatic rings. The van der Waals surface area contributed by atoms with Gasteiger partial charge in [0.15, 0.2) is 23.8 Å². The Morgan fingerprint density at radius 1 is 1.30 bits per heavy atom. The van der Waals surface area contributed by atoms with E-state index >= 15 is 0 Å². The van der Waals surface area contributed by atoms with Gasteiger partial charge in [-0.1, -0.05) is 6.07 Å². The number of aromatic nitrogens is 3. The molecule has 0 fully saturated rings. The van der Waals surface area contributed by atoms with Crippen molar-refractivity contribution in [3.05, 3.63) is 23.9 Å². The Kier molecular flexibility index (Phi) is 5.13. The number of para-hydroxylation sites is 1. The molecule has 1 aromatic heterocycles. The minimum Gasteiger partial charge on any atom is -0.493 e. The summed E-state index contributed by atoms with van der Waals surface area (Å²) in [6.45, 7) is 1.63. The third-order valence-corrected chi connectivity index (χ3v) is 2.87. The highest BCUT2D eigenvalue weighted by Gasteiger charge is 2.22.